The quantitative estimate of drug-likeness (QED) is 0.627. The van der Waals surface area contributed by atoms with E-state index in [9.17, 15) is 4.79 Å². The van der Waals surface area contributed by atoms with Crippen LogP contribution in [0.1, 0.15) is 30.3 Å². The molecule has 0 spiro atoms. The fourth-order valence-electron chi connectivity index (χ4n) is 2.71. The average Bonchev–Trinajstić information content (AvgIpc) is 2.59. The maximum atomic E-state index is 12.9. The van der Waals surface area contributed by atoms with E-state index >= 15 is 0 Å². The van der Waals surface area contributed by atoms with Crippen LogP contribution in [0.15, 0.2) is 53.3 Å². The monoisotopic (exact) mass is 370 g/mol. The largest absolute Gasteiger partial charge is 0.292 e. The topological polar surface area (TPSA) is 34.9 Å². The Hall–Kier alpha value is -1.94. The van der Waals surface area contributed by atoms with Gasteiger partial charge in [0.25, 0.3) is 5.56 Å². The van der Waals surface area contributed by atoms with Crippen molar-refractivity contribution in [3.05, 3.63) is 75.8 Å². The van der Waals surface area contributed by atoms with E-state index in [4.69, 9.17) is 4.98 Å². The second kappa shape index (κ2) is 7.09. The highest BCUT2D eigenvalue weighted by atomic mass is 79.9. The summed E-state index contributed by atoms with van der Waals surface area (Å²) in [5, 5.41) is 1.52. The summed E-state index contributed by atoms with van der Waals surface area (Å²) in [4.78, 5) is 17.6. The number of rotatable bonds is 5. The van der Waals surface area contributed by atoms with E-state index in [0.29, 0.717) is 11.9 Å². The van der Waals surface area contributed by atoms with E-state index in [0.717, 1.165) is 35.1 Å². The van der Waals surface area contributed by atoms with Gasteiger partial charge in [0, 0.05) is 11.8 Å². The highest BCUT2D eigenvalue weighted by molar-refractivity contribution is 9.08. The number of fused-ring (bicyclic) bond motifs is 1. The van der Waals surface area contributed by atoms with Gasteiger partial charge in [-0.1, -0.05) is 59.3 Å². The van der Waals surface area contributed by atoms with Gasteiger partial charge in [0.2, 0.25) is 0 Å². The molecule has 3 rings (SSSR count). The molecule has 1 aromatic heterocycles. The number of hydrogen-bond donors (Lipinski definition) is 0. The minimum absolute atomic E-state index is 0.0450. The van der Waals surface area contributed by atoms with Gasteiger partial charge in [0.15, 0.2) is 0 Å². The number of aryl methyl sites for hydroxylation is 1. The molecule has 0 saturated carbocycles. The number of hydrogen-bond acceptors (Lipinski definition) is 2. The van der Waals surface area contributed by atoms with E-state index < -0.39 is 0 Å². The average molecular weight is 371 g/mol. The van der Waals surface area contributed by atoms with Gasteiger partial charge in [0.1, 0.15) is 5.82 Å². The molecule has 0 fully saturated rings. The maximum absolute atomic E-state index is 12.9. The molecule has 0 N–H and O–H groups in total. The zero-order valence-corrected chi connectivity index (χ0v) is 14.7. The molecule has 2 aromatic carbocycles. The molecule has 0 bridgehead atoms. The number of halogens is 1. The molecule has 118 valence electrons. The van der Waals surface area contributed by atoms with Crippen molar-refractivity contribution in [2.45, 2.75) is 31.6 Å². The summed E-state index contributed by atoms with van der Waals surface area (Å²) in [6, 6.07) is 15.9. The molecule has 0 aliphatic heterocycles. The second-order valence-corrected chi connectivity index (χ2v) is 6.20. The molecule has 3 aromatic rings. The molecule has 23 heavy (non-hydrogen) atoms. The van der Waals surface area contributed by atoms with Crippen molar-refractivity contribution < 1.29 is 0 Å². The Labute approximate surface area is 144 Å². The van der Waals surface area contributed by atoms with Gasteiger partial charge in [0.05, 0.1) is 17.4 Å². The molecule has 3 nitrogen and oxygen atoms in total. The van der Waals surface area contributed by atoms with E-state index in [1.54, 1.807) is 0 Å². The van der Waals surface area contributed by atoms with Gasteiger partial charge in [-0.15, -0.1) is 0 Å². The number of nitrogens with zero attached hydrogens (tertiary/aromatic N) is 2. The van der Waals surface area contributed by atoms with Crippen molar-refractivity contribution in [3.8, 4) is 0 Å². The summed E-state index contributed by atoms with van der Waals surface area (Å²) < 4.78 is 1.81. The summed E-state index contributed by atoms with van der Waals surface area (Å²) in [5.41, 5.74) is 3.17. The van der Waals surface area contributed by atoms with Crippen LogP contribution in [0.5, 0.6) is 0 Å². The zero-order chi connectivity index (χ0) is 16.2. The van der Waals surface area contributed by atoms with Gasteiger partial charge in [-0.2, -0.15) is 0 Å². The van der Waals surface area contributed by atoms with E-state index in [2.05, 4.69) is 47.1 Å². The fraction of sp³-hybridized carbons (Fsp3) is 0.263. The molecule has 4 heteroatoms. The molecule has 0 aliphatic rings. The van der Waals surface area contributed by atoms with Crippen molar-refractivity contribution in [1.82, 2.24) is 9.55 Å². The Morgan fingerprint density at radius 3 is 2.43 bits per heavy atom. The second-order valence-electron chi connectivity index (χ2n) is 5.64. The Kier molecular flexibility index (Phi) is 4.91. The van der Waals surface area contributed by atoms with Crippen molar-refractivity contribution in [3.63, 3.8) is 0 Å². The van der Waals surface area contributed by atoms with Crippen molar-refractivity contribution in [2.75, 3.05) is 0 Å². The molecule has 1 heterocycles. The highest BCUT2D eigenvalue weighted by Crippen LogP contribution is 2.13. The Balaban J connectivity index is 2.08. The van der Waals surface area contributed by atoms with E-state index in [-0.39, 0.29) is 5.56 Å². The third-order valence-corrected chi connectivity index (χ3v) is 4.58. The predicted octanol–water partition coefficient (Wildman–Crippen LogP) is 4.29. The van der Waals surface area contributed by atoms with Crippen LogP contribution >= 0.6 is 15.9 Å². The molecular formula is C19H19BrN2O. The lowest BCUT2D eigenvalue weighted by Gasteiger charge is -2.13. The summed E-state index contributed by atoms with van der Waals surface area (Å²) in [6.07, 6.45) is 1.77. The molecule has 0 atom stereocenters. The highest BCUT2D eigenvalue weighted by Gasteiger charge is 2.10. The van der Waals surface area contributed by atoms with Gasteiger partial charge in [-0.3, -0.25) is 9.36 Å². The van der Waals surface area contributed by atoms with Crippen LogP contribution in [0.25, 0.3) is 10.9 Å². The number of para-hydroxylation sites is 1. The van der Waals surface area contributed by atoms with Gasteiger partial charge >= 0.3 is 0 Å². The first kappa shape index (κ1) is 15.9. The van der Waals surface area contributed by atoms with Crippen LogP contribution in [0.2, 0.25) is 0 Å². The number of benzene rings is 2. The Morgan fingerprint density at radius 2 is 1.74 bits per heavy atom. The lowest BCUT2D eigenvalue weighted by Crippen LogP contribution is -2.26. The number of alkyl halides is 1. The SMILES string of the molecule is CCCc1nc2ccccc2c(=O)n1Cc1ccc(CBr)cc1. The van der Waals surface area contributed by atoms with Crippen LogP contribution in [0, 0.1) is 0 Å². The lowest BCUT2D eigenvalue weighted by molar-refractivity contribution is 0.665. The van der Waals surface area contributed by atoms with E-state index in [1.165, 1.54) is 5.56 Å². The summed E-state index contributed by atoms with van der Waals surface area (Å²) in [5.74, 6) is 0.862. The number of aromatic nitrogens is 2. The first-order chi connectivity index (χ1) is 11.2. The van der Waals surface area contributed by atoms with Crippen LogP contribution in [0.4, 0.5) is 0 Å². The summed E-state index contributed by atoms with van der Waals surface area (Å²) in [6.45, 7) is 2.67. The van der Waals surface area contributed by atoms with Crippen LogP contribution < -0.4 is 5.56 Å². The molecule has 0 aliphatic carbocycles. The first-order valence-corrected chi connectivity index (χ1v) is 8.97. The predicted molar refractivity (Wildman–Crippen MR) is 98.2 cm³/mol. The normalized spacial score (nSPS) is 11.0. The molecule has 0 unspecified atom stereocenters. The van der Waals surface area contributed by atoms with Crippen LogP contribution in [-0.4, -0.2) is 9.55 Å². The molecular weight excluding hydrogens is 352 g/mol. The van der Waals surface area contributed by atoms with Gasteiger partial charge in [-0.05, 0) is 29.7 Å². The van der Waals surface area contributed by atoms with Gasteiger partial charge in [-0.25, -0.2) is 4.98 Å². The zero-order valence-electron chi connectivity index (χ0n) is 13.1. The minimum atomic E-state index is 0.0450. The van der Waals surface area contributed by atoms with Crippen molar-refractivity contribution in [1.29, 1.82) is 0 Å². The van der Waals surface area contributed by atoms with Gasteiger partial charge < -0.3 is 0 Å². The molecule has 0 saturated heterocycles. The summed E-state index contributed by atoms with van der Waals surface area (Å²) >= 11 is 3.45. The van der Waals surface area contributed by atoms with Crippen LogP contribution in [-0.2, 0) is 18.3 Å². The molecule has 0 amide bonds. The third-order valence-electron chi connectivity index (χ3n) is 3.93. The fourth-order valence-corrected chi connectivity index (χ4v) is 3.08. The van der Waals surface area contributed by atoms with Crippen molar-refractivity contribution in [2.24, 2.45) is 0 Å². The Morgan fingerprint density at radius 1 is 1.04 bits per heavy atom. The Bertz CT molecular complexity index is 869. The molecule has 0 radical (unpaired) electrons. The smallest absolute Gasteiger partial charge is 0.261 e. The van der Waals surface area contributed by atoms with Crippen LogP contribution in [0.3, 0.4) is 0 Å². The van der Waals surface area contributed by atoms with E-state index in [1.807, 2.05) is 28.8 Å². The maximum Gasteiger partial charge on any atom is 0.261 e. The minimum Gasteiger partial charge on any atom is -0.292 e. The van der Waals surface area contributed by atoms with Crippen molar-refractivity contribution >= 4 is 26.8 Å². The lowest BCUT2D eigenvalue weighted by atomic mass is 10.1. The third kappa shape index (κ3) is 3.37. The standard InChI is InChI=1S/C19H19BrN2O/c1-2-5-18-21-17-7-4-3-6-16(17)19(23)22(18)13-15-10-8-14(12-20)9-11-15/h3-4,6-11H,2,5,12-13H2,1H3. The first-order valence-electron chi connectivity index (χ1n) is 7.85. The summed E-state index contributed by atoms with van der Waals surface area (Å²) in [7, 11) is 0.